The van der Waals surface area contributed by atoms with Gasteiger partial charge in [0, 0.05) is 60.1 Å². The van der Waals surface area contributed by atoms with Crippen molar-refractivity contribution >= 4 is 55.5 Å². The molecule has 0 fully saturated rings. The number of rotatable bonds is 15. The molecule has 0 aliphatic carbocycles. The van der Waals surface area contributed by atoms with Crippen molar-refractivity contribution in [2.75, 3.05) is 37.4 Å². The second-order valence-electron chi connectivity index (χ2n) is 10.8. The molecule has 2 aromatic heterocycles. The van der Waals surface area contributed by atoms with E-state index in [1.807, 2.05) is 19.1 Å². The molecule has 5 rings (SSSR count). The summed E-state index contributed by atoms with van der Waals surface area (Å²) in [7, 11) is -2.57. The molecule has 1 amide bonds. The number of anilines is 2. The van der Waals surface area contributed by atoms with Crippen LogP contribution in [0.15, 0.2) is 96.0 Å². The third-order valence-corrected chi connectivity index (χ3v) is 9.56. The van der Waals surface area contributed by atoms with Crippen molar-refractivity contribution < 1.29 is 27.6 Å². The summed E-state index contributed by atoms with van der Waals surface area (Å²) in [6.07, 6.45) is 1.37. The van der Waals surface area contributed by atoms with Gasteiger partial charge in [-0.2, -0.15) is 4.31 Å². The Morgan fingerprint density at radius 3 is 2.51 bits per heavy atom. The molecule has 0 unspecified atom stereocenters. The van der Waals surface area contributed by atoms with Crippen LogP contribution < -0.4 is 20.1 Å². The first kappa shape index (κ1) is 35.0. The molecule has 0 aliphatic rings. The molecule has 3 aromatic carbocycles. The molecule has 2 N–H and O–H groups in total. The number of aromatic nitrogens is 2. The SMILES string of the molecule is COc1ccc(S(=O)(=O)N(CCNc2cc(C)nc3ccc(Cl)cc23)CCC(=O)Nc2ccc([N+](=O)[O-])cc2OCc2ccccn2)cc1. The number of methoxy groups -OCH3 is 1. The van der Waals surface area contributed by atoms with Gasteiger partial charge in [0.05, 0.1) is 39.9 Å². The Bertz CT molecular complexity index is 2070. The summed E-state index contributed by atoms with van der Waals surface area (Å²) in [5.41, 5.74) is 2.79. The third-order valence-electron chi connectivity index (χ3n) is 7.41. The number of halogens is 1. The van der Waals surface area contributed by atoms with Gasteiger partial charge in [-0.05, 0) is 73.7 Å². The van der Waals surface area contributed by atoms with Crippen molar-refractivity contribution in [2.24, 2.45) is 0 Å². The molecular weight excluding hydrogens is 672 g/mol. The first-order chi connectivity index (χ1) is 23.5. The number of nitrogens with zero attached hydrogens (tertiary/aromatic N) is 4. The van der Waals surface area contributed by atoms with Gasteiger partial charge >= 0.3 is 0 Å². The zero-order valence-electron chi connectivity index (χ0n) is 26.6. The van der Waals surface area contributed by atoms with Gasteiger partial charge in [0.1, 0.15) is 18.1 Å². The molecule has 13 nitrogen and oxygen atoms in total. The first-order valence-corrected chi connectivity index (χ1v) is 16.9. The summed E-state index contributed by atoms with van der Waals surface area (Å²) in [6.45, 7) is 1.92. The van der Waals surface area contributed by atoms with E-state index in [0.29, 0.717) is 16.5 Å². The number of non-ortho nitro benzene ring substituents is 1. The van der Waals surface area contributed by atoms with Crippen LogP contribution in [0.25, 0.3) is 10.9 Å². The Morgan fingerprint density at radius 1 is 1.00 bits per heavy atom. The fourth-order valence-corrected chi connectivity index (χ4v) is 6.58. The van der Waals surface area contributed by atoms with Crippen LogP contribution in [-0.4, -0.2) is 60.3 Å². The number of hydrogen-bond donors (Lipinski definition) is 2. The maximum atomic E-state index is 13.8. The highest BCUT2D eigenvalue weighted by Crippen LogP contribution is 2.31. The van der Waals surface area contributed by atoms with Crippen LogP contribution in [0.4, 0.5) is 17.1 Å². The Hall–Kier alpha value is -5.31. The summed E-state index contributed by atoms with van der Waals surface area (Å²) in [4.78, 5) is 32.8. The van der Waals surface area contributed by atoms with E-state index in [9.17, 15) is 23.3 Å². The molecule has 0 radical (unpaired) electrons. The zero-order valence-corrected chi connectivity index (χ0v) is 28.2. The van der Waals surface area contributed by atoms with Crippen molar-refractivity contribution in [3.05, 3.63) is 118 Å². The molecule has 0 spiro atoms. The number of carbonyl (C=O) groups excluding carboxylic acids is 1. The van der Waals surface area contributed by atoms with Crippen LogP contribution in [0.2, 0.25) is 5.02 Å². The second-order valence-corrected chi connectivity index (χ2v) is 13.2. The molecule has 0 aliphatic heterocycles. The number of sulfonamides is 1. The number of hydrogen-bond acceptors (Lipinski definition) is 10. The van der Waals surface area contributed by atoms with Gasteiger partial charge < -0.3 is 20.1 Å². The van der Waals surface area contributed by atoms with Crippen LogP contribution in [-0.2, 0) is 21.4 Å². The van der Waals surface area contributed by atoms with E-state index in [2.05, 4.69) is 20.6 Å². The number of amides is 1. The highest BCUT2D eigenvalue weighted by atomic mass is 35.5. The standard InChI is InChI=1S/C34H33ClN6O7S/c1-23-19-32(29-20-24(35)6-12-30(29)38-23)37-16-18-40(49(45,46)28-10-8-27(47-2)9-11-28)17-14-34(42)39-31-13-7-26(41(43)44)21-33(31)48-22-25-5-3-4-15-36-25/h3-13,15,19-21H,14,16-18,22H2,1-2H3,(H,37,38)(H,39,42). The lowest BCUT2D eigenvalue weighted by molar-refractivity contribution is -0.384. The molecule has 2 heterocycles. The summed E-state index contributed by atoms with van der Waals surface area (Å²) < 4.78 is 39.9. The van der Waals surface area contributed by atoms with Crippen LogP contribution in [0.3, 0.4) is 0 Å². The normalized spacial score (nSPS) is 11.3. The van der Waals surface area contributed by atoms with E-state index in [4.69, 9.17) is 21.1 Å². The Kier molecular flexibility index (Phi) is 11.2. The zero-order chi connectivity index (χ0) is 35.0. The minimum Gasteiger partial charge on any atom is -0.497 e. The summed E-state index contributed by atoms with van der Waals surface area (Å²) in [5.74, 6) is 0.0409. The number of aryl methyl sites for hydroxylation is 1. The second kappa shape index (κ2) is 15.7. The van der Waals surface area contributed by atoms with Crippen LogP contribution >= 0.6 is 11.6 Å². The molecule has 0 atom stereocenters. The van der Waals surface area contributed by atoms with Gasteiger partial charge in [-0.15, -0.1) is 0 Å². The summed E-state index contributed by atoms with van der Waals surface area (Å²) in [5, 5.41) is 18.8. The molecule has 254 valence electrons. The lowest BCUT2D eigenvalue weighted by Crippen LogP contribution is -2.37. The molecule has 15 heteroatoms. The highest BCUT2D eigenvalue weighted by Gasteiger charge is 2.25. The van der Waals surface area contributed by atoms with E-state index < -0.39 is 20.9 Å². The van der Waals surface area contributed by atoms with Gasteiger partial charge in [0.15, 0.2) is 0 Å². The molecule has 0 saturated carbocycles. The Labute approximate surface area is 288 Å². The number of nitro groups is 1. The average molecular weight is 705 g/mol. The number of fused-ring (bicyclic) bond motifs is 1. The maximum absolute atomic E-state index is 13.8. The lowest BCUT2D eigenvalue weighted by Gasteiger charge is -2.23. The fraction of sp³-hybridized carbons (Fsp3) is 0.206. The van der Waals surface area contributed by atoms with E-state index in [0.717, 1.165) is 22.3 Å². The third kappa shape index (κ3) is 8.99. The maximum Gasteiger partial charge on any atom is 0.273 e. The predicted octanol–water partition coefficient (Wildman–Crippen LogP) is 6.22. The van der Waals surface area contributed by atoms with Gasteiger partial charge in [-0.25, -0.2) is 8.42 Å². The number of nitro benzene ring substituents is 1. The highest BCUT2D eigenvalue weighted by molar-refractivity contribution is 7.89. The van der Waals surface area contributed by atoms with E-state index in [1.165, 1.54) is 41.7 Å². The van der Waals surface area contributed by atoms with Gasteiger partial charge in [-0.1, -0.05) is 17.7 Å². The Morgan fingerprint density at radius 2 is 1.80 bits per heavy atom. The van der Waals surface area contributed by atoms with Crippen molar-refractivity contribution in [2.45, 2.75) is 24.8 Å². The quantitative estimate of drug-likeness (QED) is 0.0944. The van der Waals surface area contributed by atoms with E-state index in [-0.39, 0.29) is 54.7 Å². The molecule has 0 saturated heterocycles. The van der Waals surface area contributed by atoms with Crippen molar-refractivity contribution in [3.8, 4) is 11.5 Å². The minimum absolute atomic E-state index is 0.00422. The van der Waals surface area contributed by atoms with Crippen LogP contribution in [0, 0.1) is 17.0 Å². The number of ether oxygens (including phenoxy) is 2. The van der Waals surface area contributed by atoms with Crippen molar-refractivity contribution in [1.82, 2.24) is 14.3 Å². The smallest absolute Gasteiger partial charge is 0.273 e. The summed E-state index contributed by atoms with van der Waals surface area (Å²) in [6, 6.07) is 22.3. The topological polar surface area (TPSA) is 166 Å². The van der Waals surface area contributed by atoms with Crippen LogP contribution in [0.5, 0.6) is 11.5 Å². The van der Waals surface area contributed by atoms with Crippen molar-refractivity contribution in [1.29, 1.82) is 0 Å². The molecule has 5 aromatic rings. The predicted molar refractivity (Wildman–Crippen MR) is 187 cm³/mol. The van der Waals surface area contributed by atoms with Crippen molar-refractivity contribution in [3.63, 3.8) is 0 Å². The fourth-order valence-electron chi connectivity index (χ4n) is 4.96. The summed E-state index contributed by atoms with van der Waals surface area (Å²) >= 11 is 6.24. The Balaban J connectivity index is 1.33. The molecule has 49 heavy (non-hydrogen) atoms. The lowest BCUT2D eigenvalue weighted by atomic mass is 10.1. The monoisotopic (exact) mass is 704 g/mol. The van der Waals surface area contributed by atoms with Gasteiger partial charge in [0.25, 0.3) is 5.69 Å². The van der Waals surface area contributed by atoms with E-state index >= 15 is 0 Å². The van der Waals surface area contributed by atoms with Gasteiger partial charge in [0.2, 0.25) is 15.9 Å². The average Bonchev–Trinajstić information content (AvgIpc) is 3.09. The number of carbonyl (C=O) groups is 1. The molecular formula is C34H33ClN6O7S. The number of nitrogens with one attached hydrogen (secondary N) is 2. The largest absolute Gasteiger partial charge is 0.497 e. The van der Waals surface area contributed by atoms with E-state index in [1.54, 1.807) is 48.7 Å². The minimum atomic E-state index is -4.05. The van der Waals surface area contributed by atoms with Crippen LogP contribution in [0.1, 0.15) is 17.8 Å². The first-order valence-electron chi connectivity index (χ1n) is 15.1. The number of pyridine rings is 2. The molecule has 0 bridgehead atoms. The number of benzene rings is 3. The van der Waals surface area contributed by atoms with Gasteiger partial charge in [-0.3, -0.25) is 24.9 Å².